The number of thiophene rings is 1. The molecule has 3 N–H and O–H groups in total. The maximum Gasteiger partial charge on any atom is 0.256 e. The first-order valence-electron chi connectivity index (χ1n) is 10.3. The number of nitrogens with zero attached hydrogens (tertiary/aromatic N) is 1. The lowest BCUT2D eigenvalue weighted by Gasteiger charge is -2.10. The van der Waals surface area contributed by atoms with Crippen LogP contribution in [0.1, 0.15) is 36.7 Å². The molecule has 1 aliphatic heterocycles. The molecule has 4 rings (SSSR count). The number of fused-ring (bicyclic) bond motifs is 1. The van der Waals surface area contributed by atoms with E-state index >= 15 is 0 Å². The Bertz CT molecular complexity index is 1120. The van der Waals surface area contributed by atoms with E-state index in [1.807, 2.05) is 35.7 Å². The second kappa shape index (κ2) is 10.2. The lowest BCUT2D eigenvalue weighted by Crippen LogP contribution is -2.30. The molecular weight excluding hydrogens is 424 g/mol. The average molecular weight is 449 g/mol. The Morgan fingerprint density at radius 3 is 2.62 bits per heavy atom. The number of nitrogens with one attached hydrogen (secondary N) is 3. The monoisotopic (exact) mass is 448 g/mol. The van der Waals surface area contributed by atoms with Crippen molar-refractivity contribution in [3.05, 3.63) is 87.1 Å². The predicted molar refractivity (Wildman–Crippen MR) is 126 cm³/mol. The highest BCUT2D eigenvalue weighted by molar-refractivity contribution is 7.09. The lowest BCUT2D eigenvalue weighted by molar-refractivity contribution is 0.0949. The molecule has 1 aliphatic rings. The molecule has 2 aromatic carbocycles. The van der Waals surface area contributed by atoms with Gasteiger partial charge in [0.05, 0.1) is 19.7 Å². The fraction of sp³-hybridized carbons (Fsp3) is 0.208. The molecule has 1 aromatic heterocycles. The normalized spacial score (nSPS) is 12.1. The Balaban J connectivity index is 1.39. The lowest BCUT2D eigenvalue weighted by atomic mass is 10.0. The number of amidine groups is 1. The van der Waals surface area contributed by atoms with Crippen LogP contribution >= 0.6 is 11.3 Å². The Hall–Kier alpha value is -3.49. The van der Waals surface area contributed by atoms with Gasteiger partial charge in [-0.2, -0.15) is 0 Å². The fourth-order valence-corrected chi connectivity index (χ4v) is 3.98. The number of hydrogen-bond acceptors (Lipinski definition) is 6. The van der Waals surface area contributed by atoms with Gasteiger partial charge in [-0.05, 0) is 53.4 Å². The number of benzene rings is 2. The van der Waals surface area contributed by atoms with Gasteiger partial charge in [-0.1, -0.05) is 12.1 Å². The van der Waals surface area contributed by atoms with Crippen molar-refractivity contribution in [2.75, 3.05) is 25.6 Å². The molecule has 164 valence electrons. The number of methoxy groups -OCH3 is 1. The second-order valence-electron chi connectivity index (χ2n) is 7.25. The minimum absolute atomic E-state index is 0.157. The van der Waals surface area contributed by atoms with Gasteiger partial charge in [-0.25, -0.2) is 0 Å². The quantitative estimate of drug-likeness (QED) is 0.461. The second-order valence-corrected chi connectivity index (χ2v) is 8.28. The number of aliphatic imine (C=N–C) groups is 1. The molecule has 32 heavy (non-hydrogen) atoms. The Kier molecular flexibility index (Phi) is 6.94. The third-order valence-corrected chi connectivity index (χ3v) is 5.93. The molecular formula is C24H24N4O3S. The number of ether oxygens (including phenoxy) is 1. The maximum atomic E-state index is 12.7. The molecule has 0 bridgehead atoms. The van der Waals surface area contributed by atoms with E-state index < -0.39 is 0 Å². The van der Waals surface area contributed by atoms with Gasteiger partial charge in [-0.3, -0.25) is 14.6 Å². The SMILES string of the molecule is COCCNc1ccc(C(=O)NC2=NCc3ccc(C(=O)NCc4cccs4)cc32)cc1. The summed E-state index contributed by atoms with van der Waals surface area (Å²) in [5.74, 6) is 0.0862. The summed E-state index contributed by atoms with van der Waals surface area (Å²) in [6.07, 6.45) is 0. The number of amides is 2. The van der Waals surface area contributed by atoms with E-state index in [4.69, 9.17) is 4.74 Å². The van der Waals surface area contributed by atoms with Gasteiger partial charge < -0.3 is 20.7 Å². The molecule has 7 nitrogen and oxygen atoms in total. The van der Waals surface area contributed by atoms with Gasteiger partial charge in [0, 0.05) is 40.9 Å². The minimum Gasteiger partial charge on any atom is -0.383 e. The van der Waals surface area contributed by atoms with Crippen LogP contribution in [0, 0.1) is 0 Å². The largest absolute Gasteiger partial charge is 0.383 e. The van der Waals surface area contributed by atoms with Crippen LogP contribution in [0.2, 0.25) is 0 Å². The van der Waals surface area contributed by atoms with Gasteiger partial charge in [-0.15, -0.1) is 11.3 Å². The zero-order valence-electron chi connectivity index (χ0n) is 17.7. The van der Waals surface area contributed by atoms with E-state index in [2.05, 4.69) is 20.9 Å². The number of carbonyl (C=O) groups excluding carboxylic acids is 2. The maximum absolute atomic E-state index is 12.7. The van der Waals surface area contributed by atoms with Gasteiger partial charge in [0.1, 0.15) is 5.84 Å². The number of rotatable bonds is 8. The number of carbonyl (C=O) groups is 2. The van der Waals surface area contributed by atoms with Crippen LogP contribution in [-0.2, 0) is 17.8 Å². The summed E-state index contributed by atoms with van der Waals surface area (Å²) in [7, 11) is 1.65. The van der Waals surface area contributed by atoms with Crippen molar-refractivity contribution in [2.45, 2.75) is 13.1 Å². The fourth-order valence-electron chi connectivity index (χ4n) is 3.33. The summed E-state index contributed by atoms with van der Waals surface area (Å²) in [6.45, 7) is 2.26. The Morgan fingerprint density at radius 1 is 1.06 bits per heavy atom. The first-order valence-corrected chi connectivity index (χ1v) is 11.1. The van der Waals surface area contributed by atoms with Crippen molar-refractivity contribution < 1.29 is 14.3 Å². The van der Waals surface area contributed by atoms with Gasteiger partial charge in [0.25, 0.3) is 11.8 Å². The highest BCUT2D eigenvalue weighted by Gasteiger charge is 2.20. The summed E-state index contributed by atoms with van der Waals surface area (Å²) < 4.78 is 5.02. The first-order chi connectivity index (χ1) is 15.6. The summed E-state index contributed by atoms with van der Waals surface area (Å²) in [6, 6.07) is 16.6. The van der Waals surface area contributed by atoms with Crippen LogP contribution in [0.25, 0.3) is 0 Å². The standard InChI is InChI=1S/C24H24N4O3S/c1-31-11-10-25-19-8-6-16(7-9-19)24(30)28-22-21-13-17(4-5-18(21)14-26-22)23(29)27-15-20-3-2-12-32-20/h2-9,12-13,25H,10-11,14-15H2,1H3,(H,27,29)(H,26,28,30). The van der Waals surface area contributed by atoms with Crippen LogP contribution in [0.5, 0.6) is 0 Å². The zero-order valence-corrected chi connectivity index (χ0v) is 18.5. The third kappa shape index (κ3) is 5.22. The summed E-state index contributed by atoms with van der Waals surface area (Å²) in [4.78, 5) is 30.8. The van der Waals surface area contributed by atoms with E-state index in [1.165, 1.54) is 0 Å². The molecule has 0 aliphatic carbocycles. The predicted octanol–water partition coefficient (Wildman–Crippen LogP) is 3.43. The van der Waals surface area contributed by atoms with E-state index in [0.29, 0.717) is 43.2 Å². The molecule has 8 heteroatoms. The van der Waals surface area contributed by atoms with E-state index in [1.54, 1.807) is 42.7 Å². The van der Waals surface area contributed by atoms with Crippen LogP contribution < -0.4 is 16.0 Å². The molecule has 0 atom stereocenters. The molecule has 0 fully saturated rings. The Labute approximate surface area is 190 Å². The topological polar surface area (TPSA) is 91.8 Å². The van der Waals surface area contributed by atoms with Crippen molar-refractivity contribution >= 4 is 34.7 Å². The van der Waals surface area contributed by atoms with Crippen molar-refractivity contribution in [1.82, 2.24) is 10.6 Å². The zero-order chi connectivity index (χ0) is 22.3. The molecule has 3 aromatic rings. The van der Waals surface area contributed by atoms with Crippen molar-refractivity contribution in [2.24, 2.45) is 4.99 Å². The number of anilines is 1. The molecule has 0 saturated heterocycles. The van der Waals surface area contributed by atoms with Crippen molar-refractivity contribution in [1.29, 1.82) is 0 Å². The molecule has 2 amide bonds. The molecule has 0 saturated carbocycles. The van der Waals surface area contributed by atoms with Crippen LogP contribution in [0.15, 0.2) is 65.0 Å². The minimum atomic E-state index is -0.243. The summed E-state index contributed by atoms with van der Waals surface area (Å²) in [5.41, 5.74) is 3.74. The van der Waals surface area contributed by atoms with Crippen molar-refractivity contribution in [3.63, 3.8) is 0 Å². The molecule has 0 spiro atoms. The molecule has 2 heterocycles. The first kappa shape index (κ1) is 21.7. The summed E-state index contributed by atoms with van der Waals surface area (Å²) in [5, 5.41) is 11.0. The van der Waals surface area contributed by atoms with Crippen molar-refractivity contribution in [3.8, 4) is 0 Å². The third-order valence-electron chi connectivity index (χ3n) is 5.05. The highest BCUT2D eigenvalue weighted by atomic mass is 32.1. The van der Waals surface area contributed by atoms with Gasteiger partial charge in [0.15, 0.2) is 0 Å². The van der Waals surface area contributed by atoms with Crippen LogP contribution in [0.4, 0.5) is 5.69 Å². The van der Waals surface area contributed by atoms with Crippen LogP contribution in [0.3, 0.4) is 0 Å². The van der Waals surface area contributed by atoms with Crippen LogP contribution in [-0.4, -0.2) is 37.9 Å². The van der Waals surface area contributed by atoms with Gasteiger partial charge >= 0.3 is 0 Å². The molecule has 0 radical (unpaired) electrons. The smallest absolute Gasteiger partial charge is 0.256 e. The number of hydrogen-bond donors (Lipinski definition) is 3. The highest BCUT2D eigenvalue weighted by Crippen LogP contribution is 2.20. The average Bonchev–Trinajstić information content (AvgIpc) is 3.48. The Morgan fingerprint density at radius 2 is 1.88 bits per heavy atom. The van der Waals surface area contributed by atoms with E-state index in [9.17, 15) is 9.59 Å². The molecule has 0 unspecified atom stereocenters. The van der Waals surface area contributed by atoms with E-state index in [-0.39, 0.29) is 11.8 Å². The van der Waals surface area contributed by atoms with E-state index in [0.717, 1.165) is 21.7 Å². The van der Waals surface area contributed by atoms with Gasteiger partial charge in [0.2, 0.25) is 0 Å². The summed E-state index contributed by atoms with van der Waals surface area (Å²) >= 11 is 1.60.